The highest BCUT2D eigenvalue weighted by Crippen LogP contribution is 2.26. The largest absolute Gasteiger partial charge is 0.497 e. The predicted octanol–water partition coefficient (Wildman–Crippen LogP) is 5.15. The van der Waals surface area contributed by atoms with Crippen molar-refractivity contribution in [1.82, 2.24) is 4.98 Å². The molecule has 4 aromatic rings. The summed E-state index contributed by atoms with van der Waals surface area (Å²) in [5, 5.41) is 4.22. The fourth-order valence-corrected chi connectivity index (χ4v) is 3.71. The van der Waals surface area contributed by atoms with Crippen molar-refractivity contribution in [2.24, 2.45) is 0 Å². The highest BCUT2D eigenvalue weighted by atomic mass is 32.1. The van der Waals surface area contributed by atoms with E-state index in [2.05, 4.69) is 52.6 Å². The van der Waals surface area contributed by atoms with Crippen LogP contribution in [0.1, 0.15) is 5.56 Å². The number of hydrogen-bond acceptors (Lipinski definition) is 4. The second-order valence-electron chi connectivity index (χ2n) is 6.18. The number of nitrogens with one attached hydrogen (secondary N) is 1. The summed E-state index contributed by atoms with van der Waals surface area (Å²) < 4.78 is 7.46. The first kappa shape index (κ1) is 17.2. The van der Waals surface area contributed by atoms with Gasteiger partial charge in [-0.25, -0.2) is 0 Å². The topological polar surface area (TPSA) is 38.0 Å². The van der Waals surface area contributed by atoms with Gasteiger partial charge in [-0.1, -0.05) is 42.0 Å². The molecule has 134 valence electrons. The van der Waals surface area contributed by atoms with E-state index in [0.717, 1.165) is 33.6 Å². The third kappa shape index (κ3) is 3.83. The number of para-hydroxylation sites is 1. The van der Waals surface area contributed by atoms with Crippen LogP contribution in [0.25, 0.3) is 17.1 Å². The first-order chi connectivity index (χ1) is 13.2. The Morgan fingerprint density at radius 2 is 1.70 bits per heavy atom. The lowest BCUT2D eigenvalue weighted by atomic mass is 10.1. The number of hydrogen-bond donors (Lipinski definition) is 1. The van der Waals surface area contributed by atoms with Gasteiger partial charge in [0.05, 0.1) is 12.7 Å². The summed E-state index contributed by atoms with van der Waals surface area (Å²) in [5.41, 5.74) is 4.34. The molecule has 0 fully saturated rings. The van der Waals surface area contributed by atoms with Crippen LogP contribution in [0.4, 0.5) is 10.8 Å². The average Bonchev–Trinajstić information content (AvgIpc) is 3.13. The lowest BCUT2D eigenvalue weighted by molar-refractivity contribution is -0.509. The van der Waals surface area contributed by atoms with Crippen molar-refractivity contribution < 1.29 is 8.69 Å². The van der Waals surface area contributed by atoms with E-state index in [1.165, 1.54) is 5.56 Å². The van der Waals surface area contributed by atoms with E-state index in [-0.39, 0.29) is 0 Å². The third-order valence-electron chi connectivity index (χ3n) is 4.20. The Morgan fingerprint density at radius 1 is 0.926 bits per heavy atom. The summed E-state index contributed by atoms with van der Waals surface area (Å²) in [7, 11) is 1.67. The Morgan fingerprint density at radius 3 is 2.44 bits per heavy atom. The van der Waals surface area contributed by atoms with Crippen LogP contribution >= 0.6 is 11.5 Å². The average molecular weight is 374 g/mol. The lowest BCUT2D eigenvalue weighted by Crippen LogP contribution is -2.27. The molecule has 0 aliphatic heterocycles. The summed E-state index contributed by atoms with van der Waals surface area (Å²) in [6.07, 6.45) is 0. The van der Waals surface area contributed by atoms with Gasteiger partial charge in [0.1, 0.15) is 23.0 Å². The van der Waals surface area contributed by atoms with E-state index in [9.17, 15) is 0 Å². The van der Waals surface area contributed by atoms with Crippen LogP contribution in [0.15, 0.2) is 78.9 Å². The second kappa shape index (κ2) is 7.60. The first-order valence-corrected chi connectivity index (χ1v) is 9.47. The molecule has 0 spiro atoms. The molecule has 0 atom stereocenters. The van der Waals surface area contributed by atoms with E-state index >= 15 is 0 Å². The van der Waals surface area contributed by atoms with Crippen LogP contribution in [0.2, 0.25) is 0 Å². The smallest absolute Gasteiger partial charge is 0.350 e. The van der Waals surface area contributed by atoms with E-state index in [4.69, 9.17) is 9.72 Å². The standard InChI is InChI=1S/C22H19N3OS/c1-16-11-13-17(14-12-16)21-24-22(23-18-7-6-10-20(15-18)26-2)27-25(21)19-8-4-3-5-9-19/h3-15H,1-2H3/p+1. The van der Waals surface area contributed by atoms with Crippen LogP contribution in [0, 0.1) is 6.92 Å². The molecule has 4 nitrogen and oxygen atoms in total. The molecule has 4 rings (SSSR count). The Balaban J connectivity index is 1.76. The quantitative estimate of drug-likeness (QED) is 0.491. The van der Waals surface area contributed by atoms with Gasteiger partial charge in [-0.05, 0) is 48.3 Å². The molecule has 1 aromatic heterocycles. The van der Waals surface area contributed by atoms with Crippen molar-refractivity contribution in [1.29, 1.82) is 0 Å². The molecular weight excluding hydrogens is 354 g/mol. The van der Waals surface area contributed by atoms with Gasteiger partial charge in [0.15, 0.2) is 0 Å². The number of methoxy groups -OCH3 is 1. The summed E-state index contributed by atoms with van der Waals surface area (Å²) in [6, 6.07) is 26.6. The zero-order chi connectivity index (χ0) is 18.6. The summed E-state index contributed by atoms with van der Waals surface area (Å²) in [5.74, 6) is 1.72. The van der Waals surface area contributed by atoms with Crippen molar-refractivity contribution >= 4 is 22.4 Å². The van der Waals surface area contributed by atoms with Crippen LogP contribution in [-0.4, -0.2) is 12.1 Å². The Kier molecular flexibility index (Phi) is 4.85. The molecular formula is C22H20N3OS+. The van der Waals surface area contributed by atoms with Crippen LogP contribution < -0.4 is 14.0 Å². The van der Waals surface area contributed by atoms with Crippen molar-refractivity contribution in [3.8, 4) is 22.8 Å². The Labute approximate surface area is 162 Å². The van der Waals surface area contributed by atoms with Gasteiger partial charge in [-0.15, -0.1) is 3.96 Å². The molecule has 0 aliphatic carbocycles. The van der Waals surface area contributed by atoms with Crippen molar-refractivity contribution in [2.45, 2.75) is 6.92 Å². The van der Waals surface area contributed by atoms with Crippen LogP contribution in [-0.2, 0) is 0 Å². The number of aromatic nitrogens is 2. The monoisotopic (exact) mass is 374 g/mol. The highest BCUT2D eigenvalue weighted by Gasteiger charge is 2.24. The van der Waals surface area contributed by atoms with Crippen molar-refractivity contribution in [3.63, 3.8) is 0 Å². The molecule has 0 radical (unpaired) electrons. The number of aryl methyl sites for hydroxylation is 1. The van der Waals surface area contributed by atoms with Gasteiger partial charge in [0.2, 0.25) is 0 Å². The molecule has 0 saturated heterocycles. The maximum absolute atomic E-state index is 5.31. The number of nitrogens with zero attached hydrogens (tertiary/aromatic N) is 2. The first-order valence-electron chi connectivity index (χ1n) is 8.70. The minimum atomic E-state index is 0.811. The van der Waals surface area contributed by atoms with Gasteiger partial charge >= 0.3 is 11.0 Å². The molecule has 1 heterocycles. The van der Waals surface area contributed by atoms with E-state index in [1.54, 1.807) is 18.6 Å². The maximum Gasteiger partial charge on any atom is 0.350 e. The lowest BCUT2D eigenvalue weighted by Gasteiger charge is -2.02. The zero-order valence-electron chi connectivity index (χ0n) is 15.2. The van der Waals surface area contributed by atoms with Crippen LogP contribution in [0.3, 0.4) is 0 Å². The minimum absolute atomic E-state index is 0.811. The second-order valence-corrected chi connectivity index (χ2v) is 7.12. The van der Waals surface area contributed by atoms with Gasteiger partial charge in [-0.2, -0.15) is 0 Å². The molecule has 0 bridgehead atoms. The van der Waals surface area contributed by atoms with E-state index in [1.807, 2.05) is 42.5 Å². The number of anilines is 2. The fraction of sp³-hybridized carbons (Fsp3) is 0.0909. The molecule has 0 unspecified atom stereocenters. The minimum Gasteiger partial charge on any atom is -0.497 e. The molecule has 0 saturated carbocycles. The fourth-order valence-electron chi connectivity index (χ4n) is 2.79. The Bertz CT molecular complexity index is 1040. The van der Waals surface area contributed by atoms with Crippen LogP contribution in [0.5, 0.6) is 5.75 Å². The predicted molar refractivity (Wildman–Crippen MR) is 110 cm³/mol. The number of ether oxygens (including phenoxy) is 1. The molecule has 0 aliphatic rings. The van der Waals surface area contributed by atoms with Crippen molar-refractivity contribution in [3.05, 3.63) is 84.4 Å². The maximum atomic E-state index is 5.31. The highest BCUT2D eigenvalue weighted by molar-refractivity contribution is 7.06. The van der Waals surface area contributed by atoms with E-state index < -0.39 is 0 Å². The molecule has 0 amide bonds. The summed E-state index contributed by atoms with van der Waals surface area (Å²) in [6.45, 7) is 2.09. The number of rotatable bonds is 5. The zero-order valence-corrected chi connectivity index (χ0v) is 16.0. The molecule has 5 heteroatoms. The van der Waals surface area contributed by atoms with Gasteiger partial charge in [0.25, 0.3) is 0 Å². The normalized spacial score (nSPS) is 10.6. The molecule has 27 heavy (non-hydrogen) atoms. The number of benzene rings is 3. The molecule has 1 N–H and O–H groups in total. The van der Waals surface area contributed by atoms with Gasteiger partial charge in [0, 0.05) is 11.8 Å². The SMILES string of the molecule is COc1cccc(Nc2nc(-c3ccc(C)cc3)[n+](-c3ccccc3)s2)c1. The molecule has 3 aromatic carbocycles. The third-order valence-corrected chi connectivity index (χ3v) is 5.13. The van der Waals surface area contributed by atoms with Gasteiger partial charge in [-0.3, -0.25) is 0 Å². The van der Waals surface area contributed by atoms with Gasteiger partial charge < -0.3 is 10.1 Å². The van der Waals surface area contributed by atoms with E-state index in [0.29, 0.717) is 0 Å². The van der Waals surface area contributed by atoms with Crippen molar-refractivity contribution in [2.75, 3.05) is 12.4 Å². The Hall–Kier alpha value is -3.18. The summed E-state index contributed by atoms with van der Waals surface area (Å²) >= 11 is 1.57. The summed E-state index contributed by atoms with van der Waals surface area (Å²) in [4.78, 5) is 4.87.